The molecule has 1 rings (SSSR count). The number of hydrogen-bond acceptors (Lipinski definition) is 3. The van der Waals surface area contributed by atoms with Gasteiger partial charge in [0.25, 0.3) is 0 Å². The van der Waals surface area contributed by atoms with Gasteiger partial charge in [-0.05, 0) is 50.0 Å². The Hall–Kier alpha value is -0.930. The summed E-state index contributed by atoms with van der Waals surface area (Å²) in [5.41, 5.74) is 1.32. The topological polar surface area (TPSA) is 36.4 Å². The van der Waals surface area contributed by atoms with Gasteiger partial charge in [-0.25, -0.2) is 0 Å². The first-order valence-corrected chi connectivity index (χ1v) is 6.09. The van der Waals surface area contributed by atoms with E-state index in [0.29, 0.717) is 6.61 Å². The van der Waals surface area contributed by atoms with Gasteiger partial charge < -0.3 is 5.11 Å². The zero-order valence-electron chi connectivity index (χ0n) is 10.1. The maximum absolute atomic E-state index is 8.70. The largest absolute Gasteiger partial charge is 0.396 e. The van der Waals surface area contributed by atoms with Crippen molar-refractivity contribution in [2.45, 2.75) is 32.7 Å². The molecule has 0 saturated heterocycles. The molecule has 0 fully saturated rings. The Morgan fingerprint density at radius 3 is 2.56 bits per heavy atom. The Kier molecular flexibility index (Phi) is 6.77. The van der Waals surface area contributed by atoms with E-state index in [2.05, 4.69) is 28.9 Å². The van der Waals surface area contributed by atoms with Crippen molar-refractivity contribution in [1.82, 2.24) is 9.88 Å². The average molecular weight is 222 g/mol. The van der Waals surface area contributed by atoms with Gasteiger partial charge in [0.1, 0.15) is 0 Å². The predicted octanol–water partition coefficient (Wildman–Crippen LogP) is 2.07. The Labute approximate surface area is 98.1 Å². The third-order valence-electron chi connectivity index (χ3n) is 2.74. The minimum Gasteiger partial charge on any atom is -0.396 e. The van der Waals surface area contributed by atoms with Gasteiger partial charge in [0.2, 0.25) is 0 Å². The van der Waals surface area contributed by atoms with Crippen molar-refractivity contribution < 1.29 is 5.11 Å². The average Bonchev–Trinajstić information content (AvgIpc) is 2.34. The zero-order chi connectivity index (χ0) is 11.6. The van der Waals surface area contributed by atoms with E-state index in [9.17, 15) is 0 Å². The molecule has 1 heterocycles. The summed E-state index contributed by atoms with van der Waals surface area (Å²) >= 11 is 0. The van der Waals surface area contributed by atoms with Crippen LogP contribution in [0.2, 0.25) is 0 Å². The van der Waals surface area contributed by atoms with Gasteiger partial charge in [0, 0.05) is 25.5 Å². The van der Waals surface area contributed by atoms with E-state index in [1.54, 1.807) is 0 Å². The lowest BCUT2D eigenvalue weighted by Gasteiger charge is -2.20. The molecular formula is C13H22N2O. The smallest absolute Gasteiger partial charge is 0.0431 e. The molecular weight excluding hydrogens is 200 g/mol. The minimum absolute atomic E-state index is 0.316. The number of aromatic nitrogens is 1. The Morgan fingerprint density at radius 2 is 1.94 bits per heavy atom. The highest BCUT2D eigenvalue weighted by molar-refractivity contribution is 5.09. The second-order valence-corrected chi connectivity index (χ2v) is 4.01. The van der Waals surface area contributed by atoms with Crippen molar-refractivity contribution in [3.8, 4) is 0 Å². The van der Waals surface area contributed by atoms with E-state index < -0.39 is 0 Å². The SMILES string of the molecule is CCN(CCCCCO)Cc1ccncc1. The molecule has 0 amide bonds. The Balaban J connectivity index is 2.26. The van der Waals surface area contributed by atoms with E-state index in [1.807, 2.05) is 12.4 Å². The number of rotatable bonds is 8. The van der Waals surface area contributed by atoms with Gasteiger partial charge >= 0.3 is 0 Å². The molecule has 0 spiro atoms. The summed E-state index contributed by atoms with van der Waals surface area (Å²) in [5.74, 6) is 0. The molecule has 0 aromatic carbocycles. The van der Waals surface area contributed by atoms with Crippen molar-refractivity contribution in [3.63, 3.8) is 0 Å². The Bertz CT molecular complexity index is 264. The maximum atomic E-state index is 8.70. The highest BCUT2D eigenvalue weighted by Crippen LogP contribution is 2.05. The van der Waals surface area contributed by atoms with Crippen LogP contribution in [-0.4, -0.2) is 34.7 Å². The van der Waals surface area contributed by atoms with Gasteiger partial charge in [-0.15, -0.1) is 0 Å². The summed E-state index contributed by atoms with van der Waals surface area (Å²) in [7, 11) is 0. The summed E-state index contributed by atoms with van der Waals surface area (Å²) in [6.45, 7) is 5.68. The van der Waals surface area contributed by atoms with Crippen molar-refractivity contribution in [2.24, 2.45) is 0 Å². The molecule has 1 aromatic rings. The number of nitrogens with zero attached hydrogens (tertiary/aromatic N) is 2. The summed E-state index contributed by atoms with van der Waals surface area (Å²) in [5, 5.41) is 8.70. The third kappa shape index (κ3) is 5.24. The molecule has 0 aliphatic rings. The maximum Gasteiger partial charge on any atom is 0.0431 e. The van der Waals surface area contributed by atoms with Crippen molar-refractivity contribution >= 4 is 0 Å². The normalized spacial score (nSPS) is 10.9. The van der Waals surface area contributed by atoms with Crippen molar-refractivity contribution in [1.29, 1.82) is 0 Å². The highest BCUT2D eigenvalue weighted by Gasteiger charge is 2.02. The molecule has 0 unspecified atom stereocenters. The molecule has 0 atom stereocenters. The lowest BCUT2D eigenvalue weighted by Crippen LogP contribution is -2.24. The van der Waals surface area contributed by atoms with Crippen LogP contribution >= 0.6 is 0 Å². The highest BCUT2D eigenvalue weighted by atomic mass is 16.2. The molecule has 0 bridgehead atoms. The molecule has 0 aliphatic heterocycles. The number of aliphatic hydroxyl groups is 1. The Morgan fingerprint density at radius 1 is 1.19 bits per heavy atom. The summed E-state index contributed by atoms with van der Waals surface area (Å²) in [6, 6.07) is 4.13. The number of aliphatic hydroxyl groups excluding tert-OH is 1. The molecule has 90 valence electrons. The van der Waals surface area contributed by atoms with E-state index in [1.165, 1.54) is 12.0 Å². The van der Waals surface area contributed by atoms with Crippen LogP contribution in [0.15, 0.2) is 24.5 Å². The number of hydrogen-bond donors (Lipinski definition) is 1. The van der Waals surface area contributed by atoms with Crippen molar-refractivity contribution in [3.05, 3.63) is 30.1 Å². The fourth-order valence-corrected chi connectivity index (χ4v) is 1.72. The molecule has 1 aromatic heterocycles. The van der Waals surface area contributed by atoms with Crippen LogP contribution in [0.1, 0.15) is 31.7 Å². The van der Waals surface area contributed by atoms with E-state index >= 15 is 0 Å². The van der Waals surface area contributed by atoms with Crippen molar-refractivity contribution in [2.75, 3.05) is 19.7 Å². The molecule has 3 heteroatoms. The van der Waals surface area contributed by atoms with Gasteiger partial charge in [-0.3, -0.25) is 9.88 Å². The van der Waals surface area contributed by atoms with Gasteiger partial charge in [-0.1, -0.05) is 6.92 Å². The number of unbranched alkanes of at least 4 members (excludes halogenated alkanes) is 2. The molecule has 0 saturated carbocycles. The quantitative estimate of drug-likeness (QED) is 0.684. The van der Waals surface area contributed by atoms with E-state index in [0.717, 1.165) is 32.5 Å². The van der Waals surface area contributed by atoms with Gasteiger partial charge in [-0.2, -0.15) is 0 Å². The summed E-state index contributed by atoms with van der Waals surface area (Å²) < 4.78 is 0. The first kappa shape index (κ1) is 13.1. The standard InChI is InChI=1S/C13H22N2O/c1-2-15(10-4-3-5-11-16)12-13-6-8-14-9-7-13/h6-9,16H,2-5,10-12H2,1H3. The summed E-state index contributed by atoms with van der Waals surface area (Å²) in [6.07, 6.45) is 6.89. The second-order valence-electron chi connectivity index (χ2n) is 4.01. The van der Waals surface area contributed by atoms with Crippen LogP contribution in [0.3, 0.4) is 0 Å². The van der Waals surface area contributed by atoms with Gasteiger partial charge in [0.15, 0.2) is 0 Å². The molecule has 1 N–H and O–H groups in total. The first-order chi connectivity index (χ1) is 7.86. The van der Waals surface area contributed by atoms with Crippen LogP contribution in [0.4, 0.5) is 0 Å². The molecule has 16 heavy (non-hydrogen) atoms. The van der Waals surface area contributed by atoms with Crippen LogP contribution in [0.5, 0.6) is 0 Å². The molecule has 0 radical (unpaired) electrons. The molecule has 3 nitrogen and oxygen atoms in total. The lowest BCUT2D eigenvalue weighted by atomic mass is 10.2. The van der Waals surface area contributed by atoms with Crippen LogP contribution in [0.25, 0.3) is 0 Å². The minimum atomic E-state index is 0.316. The lowest BCUT2D eigenvalue weighted by molar-refractivity contribution is 0.255. The van der Waals surface area contributed by atoms with Crippen LogP contribution < -0.4 is 0 Å². The van der Waals surface area contributed by atoms with E-state index in [4.69, 9.17) is 5.11 Å². The monoisotopic (exact) mass is 222 g/mol. The van der Waals surface area contributed by atoms with Crippen LogP contribution in [0, 0.1) is 0 Å². The fourth-order valence-electron chi connectivity index (χ4n) is 1.72. The number of pyridine rings is 1. The predicted molar refractivity (Wildman–Crippen MR) is 66.1 cm³/mol. The molecule has 0 aliphatic carbocycles. The summed E-state index contributed by atoms with van der Waals surface area (Å²) in [4.78, 5) is 6.44. The third-order valence-corrected chi connectivity index (χ3v) is 2.74. The first-order valence-electron chi connectivity index (χ1n) is 6.09. The van der Waals surface area contributed by atoms with Gasteiger partial charge in [0.05, 0.1) is 0 Å². The van der Waals surface area contributed by atoms with E-state index in [-0.39, 0.29) is 0 Å². The second kappa shape index (κ2) is 8.25. The zero-order valence-corrected chi connectivity index (χ0v) is 10.1. The fraction of sp³-hybridized carbons (Fsp3) is 0.615. The van der Waals surface area contributed by atoms with Crippen LogP contribution in [-0.2, 0) is 6.54 Å².